The number of carboxylic acids is 1. The van der Waals surface area contributed by atoms with Gasteiger partial charge in [0.25, 0.3) is 5.91 Å². The predicted molar refractivity (Wildman–Crippen MR) is 129 cm³/mol. The lowest BCUT2D eigenvalue weighted by Crippen LogP contribution is -2.27. The van der Waals surface area contributed by atoms with E-state index in [0.29, 0.717) is 22.8 Å². The fourth-order valence-electron chi connectivity index (χ4n) is 3.73. The largest absolute Gasteiger partial charge is 0.493 e. The van der Waals surface area contributed by atoms with Gasteiger partial charge in [-0.2, -0.15) is 4.98 Å². The molecule has 3 heterocycles. The van der Waals surface area contributed by atoms with Crippen molar-refractivity contribution < 1.29 is 28.9 Å². The Labute approximate surface area is 209 Å². The number of nitrogens with zero attached hydrogens (tertiary/aromatic N) is 3. The number of amides is 1. The number of aromatic amines is 1. The van der Waals surface area contributed by atoms with Crippen LogP contribution in [-0.2, 0) is 11.3 Å². The number of ether oxygens (including phenoxy) is 3. The Balaban J connectivity index is 1.84. The summed E-state index contributed by atoms with van der Waals surface area (Å²) >= 11 is 12.9. The number of H-pyrrole nitrogens is 1. The lowest BCUT2D eigenvalue weighted by molar-refractivity contribution is -0.113. The summed E-state index contributed by atoms with van der Waals surface area (Å²) in [5, 5.41) is 9.36. The van der Waals surface area contributed by atoms with Gasteiger partial charge in [-0.05, 0) is 23.8 Å². The topological polar surface area (TPSA) is 153 Å². The van der Waals surface area contributed by atoms with Crippen molar-refractivity contribution in [1.29, 1.82) is 0 Å². The molecule has 0 unspecified atom stereocenters. The number of carbonyl (C=O) groups excluding carboxylic acids is 1. The zero-order valence-electron chi connectivity index (χ0n) is 18.7. The van der Waals surface area contributed by atoms with Gasteiger partial charge in [0.2, 0.25) is 11.7 Å². The average Bonchev–Trinajstić information content (AvgIpc) is 3.39. The molecule has 1 aliphatic rings. The van der Waals surface area contributed by atoms with Gasteiger partial charge < -0.3 is 30.0 Å². The van der Waals surface area contributed by atoms with Crippen molar-refractivity contribution in [2.24, 2.45) is 0 Å². The number of methoxy groups -OCH3 is 3. The van der Waals surface area contributed by atoms with Gasteiger partial charge in [-0.3, -0.25) is 9.69 Å². The standard InChI is InChI=1S/C22H19Cl2N5O6/c1-33-13-5-10(15(23)17(35-3)16(13)34-2)8-29-19-14(18(24)27-22(25)28-19)12(20(29)30)6-11-4-9(7-26-11)21(31)32/h4-7,26H,8H2,1-3H3,(H,31,32)(H2,25,27,28)/b12-6+. The zero-order valence-corrected chi connectivity index (χ0v) is 20.2. The second kappa shape index (κ2) is 9.35. The van der Waals surface area contributed by atoms with Crippen molar-refractivity contribution >= 4 is 58.5 Å². The Morgan fingerprint density at radius 3 is 2.49 bits per heavy atom. The maximum Gasteiger partial charge on any atom is 0.337 e. The number of halogens is 2. The van der Waals surface area contributed by atoms with Gasteiger partial charge >= 0.3 is 5.97 Å². The molecule has 0 saturated heterocycles. The van der Waals surface area contributed by atoms with Crippen LogP contribution in [0, 0.1) is 0 Å². The Hall–Kier alpha value is -3.96. The Bertz CT molecular complexity index is 1390. The molecule has 13 heteroatoms. The highest BCUT2D eigenvalue weighted by molar-refractivity contribution is 6.41. The number of nitrogen functional groups attached to an aromatic ring is 1. The maximum absolute atomic E-state index is 13.5. The van der Waals surface area contributed by atoms with Crippen LogP contribution in [0.4, 0.5) is 11.8 Å². The van der Waals surface area contributed by atoms with Crippen molar-refractivity contribution in [3.05, 3.63) is 50.9 Å². The van der Waals surface area contributed by atoms with Gasteiger partial charge in [-0.15, -0.1) is 0 Å². The molecule has 1 aliphatic heterocycles. The molecule has 11 nitrogen and oxygen atoms in total. The lowest BCUT2D eigenvalue weighted by atomic mass is 10.1. The smallest absolute Gasteiger partial charge is 0.337 e. The molecule has 0 spiro atoms. The molecular formula is C22H19Cl2N5O6. The number of anilines is 2. The SMILES string of the molecule is COc1cc(CN2C(=O)/C(=C/c3cc(C(=O)O)c[nH]3)c3c(Cl)nc(N)nc32)c(Cl)c(OC)c1OC. The number of carboxylic acid groups (broad SMARTS) is 1. The number of aromatic carboxylic acids is 1. The van der Waals surface area contributed by atoms with E-state index in [-0.39, 0.29) is 50.9 Å². The first kappa shape index (κ1) is 24.2. The average molecular weight is 520 g/mol. The van der Waals surface area contributed by atoms with E-state index in [0.717, 1.165) is 0 Å². The fourth-order valence-corrected chi connectivity index (χ4v) is 4.28. The summed E-state index contributed by atoms with van der Waals surface area (Å²) in [5.74, 6) is -0.661. The zero-order chi connectivity index (χ0) is 25.4. The second-order valence-corrected chi connectivity index (χ2v) is 8.02. The summed E-state index contributed by atoms with van der Waals surface area (Å²) in [5.41, 5.74) is 7.08. The van der Waals surface area contributed by atoms with Gasteiger partial charge in [0.15, 0.2) is 17.3 Å². The summed E-state index contributed by atoms with van der Waals surface area (Å²) in [6.07, 6.45) is 2.78. The molecule has 2 aromatic heterocycles. The monoisotopic (exact) mass is 519 g/mol. The third kappa shape index (κ3) is 4.19. The molecule has 0 radical (unpaired) electrons. The predicted octanol–water partition coefficient (Wildman–Crippen LogP) is 3.51. The molecule has 0 bridgehead atoms. The van der Waals surface area contributed by atoms with E-state index in [9.17, 15) is 14.7 Å². The van der Waals surface area contributed by atoms with Crippen molar-refractivity contribution in [1.82, 2.24) is 15.0 Å². The molecule has 4 N–H and O–H groups in total. The summed E-state index contributed by atoms with van der Waals surface area (Å²) in [4.78, 5) is 37.1. The van der Waals surface area contributed by atoms with Crippen LogP contribution < -0.4 is 24.8 Å². The third-order valence-corrected chi connectivity index (χ3v) is 5.98. The number of hydrogen-bond donors (Lipinski definition) is 3. The van der Waals surface area contributed by atoms with E-state index in [4.69, 9.17) is 43.1 Å². The highest BCUT2D eigenvalue weighted by Crippen LogP contribution is 2.47. The Kier molecular flexibility index (Phi) is 6.46. The van der Waals surface area contributed by atoms with Gasteiger partial charge in [0.1, 0.15) is 5.15 Å². The molecule has 1 aromatic carbocycles. The molecule has 0 fully saturated rings. The third-order valence-electron chi connectivity index (χ3n) is 5.29. The highest BCUT2D eigenvalue weighted by atomic mass is 35.5. The minimum absolute atomic E-state index is 0.0308. The molecule has 182 valence electrons. The quantitative estimate of drug-likeness (QED) is 0.314. The molecule has 4 rings (SSSR count). The maximum atomic E-state index is 13.5. The van der Waals surface area contributed by atoms with Crippen molar-refractivity contribution in [2.75, 3.05) is 32.0 Å². The van der Waals surface area contributed by atoms with Gasteiger partial charge in [0.05, 0.1) is 49.6 Å². The minimum Gasteiger partial charge on any atom is -0.493 e. The van der Waals surface area contributed by atoms with Crippen LogP contribution in [0.1, 0.15) is 27.2 Å². The van der Waals surface area contributed by atoms with Gasteiger partial charge in [-0.1, -0.05) is 23.2 Å². The second-order valence-electron chi connectivity index (χ2n) is 7.29. The number of carbonyl (C=O) groups is 2. The fraction of sp³-hybridized carbons (Fsp3) is 0.182. The first-order valence-electron chi connectivity index (χ1n) is 9.96. The number of rotatable bonds is 7. The number of benzene rings is 1. The Morgan fingerprint density at radius 1 is 1.17 bits per heavy atom. The summed E-state index contributed by atoms with van der Waals surface area (Å²) in [7, 11) is 4.34. The first-order chi connectivity index (χ1) is 16.7. The van der Waals surface area contributed by atoms with Crippen molar-refractivity contribution in [3.8, 4) is 17.2 Å². The molecule has 0 aliphatic carbocycles. The van der Waals surface area contributed by atoms with Crippen LogP contribution in [0.2, 0.25) is 10.2 Å². The van der Waals surface area contributed by atoms with E-state index in [1.54, 1.807) is 6.07 Å². The van der Waals surface area contributed by atoms with E-state index < -0.39 is 11.9 Å². The van der Waals surface area contributed by atoms with Crippen LogP contribution in [0.5, 0.6) is 17.2 Å². The summed E-state index contributed by atoms with van der Waals surface area (Å²) in [6.45, 7) is -0.0450. The van der Waals surface area contributed by atoms with E-state index in [2.05, 4.69) is 15.0 Å². The van der Waals surface area contributed by atoms with Crippen molar-refractivity contribution in [3.63, 3.8) is 0 Å². The van der Waals surface area contributed by atoms with Crippen LogP contribution in [-0.4, -0.2) is 53.3 Å². The van der Waals surface area contributed by atoms with E-state index in [1.807, 2.05) is 0 Å². The van der Waals surface area contributed by atoms with Crippen LogP contribution in [0.25, 0.3) is 11.6 Å². The number of nitrogens with two attached hydrogens (primary N) is 1. The highest BCUT2D eigenvalue weighted by Gasteiger charge is 2.38. The van der Waals surface area contributed by atoms with Gasteiger partial charge in [0, 0.05) is 11.9 Å². The molecule has 0 atom stereocenters. The molecule has 35 heavy (non-hydrogen) atoms. The first-order valence-corrected chi connectivity index (χ1v) is 10.7. The molecule has 3 aromatic rings. The number of fused-ring (bicyclic) bond motifs is 1. The lowest BCUT2D eigenvalue weighted by Gasteiger charge is -2.20. The number of aromatic nitrogens is 3. The van der Waals surface area contributed by atoms with Crippen LogP contribution >= 0.6 is 23.2 Å². The van der Waals surface area contributed by atoms with Crippen molar-refractivity contribution in [2.45, 2.75) is 6.54 Å². The summed E-state index contributed by atoms with van der Waals surface area (Å²) < 4.78 is 16.1. The van der Waals surface area contributed by atoms with Crippen LogP contribution in [0.15, 0.2) is 18.3 Å². The number of nitrogens with one attached hydrogen (secondary N) is 1. The van der Waals surface area contributed by atoms with E-state index in [1.165, 1.54) is 44.6 Å². The molecule has 0 saturated carbocycles. The Morgan fingerprint density at radius 2 is 1.89 bits per heavy atom. The van der Waals surface area contributed by atoms with Crippen LogP contribution in [0.3, 0.4) is 0 Å². The minimum atomic E-state index is -1.11. The summed E-state index contributed by atoms with van der Waals surface area (Å²) in [6, 6.07) is 3.00. The molecular weight excluding hydrogens is 501 g/mol. The molecule has 1 amide bonds. The number of hydrogen-bond acceptors (Lipinski definition) is 8. The van der Waals surface area contributed by atoms with E-state index >= 15 is 0 Å². The van der Waals surface area contributed by atoms with Gasteiger partial charge in [-0.25, -0.2) is 9.78 Å². The normalized spacial score (nSPS) is 13.8.